The van der Waals surface area contributed by atoms with Gasteiger partial charge in [0.1, 0.15) is 0 Å². The molecule has 0 aromatic rings. The first kappa shape index (κ1) is 44.7. The fourth-order valence-electron chi connectivity index (χ4n) is 7.13. The molecule has 0 spiro atoms. The van der Waals surface area contributed by atoms with E-state index in [0.29, 0.717) is 12.8 Å². The molecule has 0 bridgehead atoms. The Morgan fingerprint density at radius 3 is 0.404 bits per heavy atom. The van der Waals surface area contributed by atoms with Crippen molar-refractivity contribution in [1.29, 1.82) is 0 Å². The number of aliphatic hydroxyl groups is 8. The van der Waals surface area contributed by atoms with E-state index in [1.165, 1.54) is 148 Å². The molecule has 8 nitrogen and oxygen atoms in total. The van der Waals surface area contributed by atoms with Gasteiger partial charge in [0, 0.05) is 12.8 Å². The molecule has 0 unspecified atom stereocenters. The maximum absolute atomic E-state index is 10.4. The lowest BCUT2D eigenvalue weighted by Crippen LogP contribution is -2.76. The SMILES string of the molecule is OC1(O)CCCCCCCCCCCCCCCCCCCCCCCCCCCCCCCCCCCC(O)(O)C(O)(O)C1(O)O. The van der Waals surface area contributed by atoms with Gasteiger partial charge in [-0.25, -0.2) is 0 Å². The molecule has 0 aromatic carbocycles. The van der Waals surface area contributed by atoms with Gasteiger partial charge in [-0.05, 0) is 12.8 Å². The van der Waals surface area contributed by atoms with Crippen LogP contribution in [0.1, 0.15) is 225 Å². The molecule has 282 valence electrons. The number of hydrogen-bond acceptors (Lipinski definition) is 8. The van der Waals surface area contributed by atoms with Crippen molar-refractivity contribution in [2.24, 2.45) is 0 Å². The van der Waals surface area contributed by atoms with Crippen LogP contribution >= 0.6 is 0 Å². The lowest BCUT2D eigenvalue weighted by molar-refractivity contribution is -0.507. The van der Waals surface area contributed by atoms with Crippen molar-refractivity contribution in [2.75, 3.05) is 0 Å². The average molecular weight is 675 g/mol. The van der Waals surface area contributed by atoms with E-state index in [2.05, 4.69) is 0 Å². The van der Waals surface area contributed by atoms with E-state index in [1.807, 2.05) is 0 Å². The van der Waals surface area contributed by atoms with E-state index in [-0.39, 0.29) is 12.8 Å². The molecule has 47 heavy (non-hydrogen) atoms. The Morgan fingerprint density at radius 2 is 0.277 bits per heavy atom. The van der Waals surface area contributed by atoms with Gasteiger partial charge in [-0.3, -0.25) is 0 Å². The average Bonchev–Trinajstić information content (AvgIpc) is 3.02. The number of hydrogen-bond donors (Lipinski definition) is 8. The Bertz CT molecular complexity index is 651. The van der Waals surface area contributed by atoms with E-state index in [0.717, 1.165) is 38.5 Å². The topological polar surface area (TPSA) is 162 Å². The fraction of sp³-hybridized carbons (Fsp3) is 1.00. The summed E-state index contributed by atoms with van der Waals surface area (Å²) in [6, 6.07) is 0. The molecule has 0 saturated heterocycles. The molecule has 0 amide bonds. The highest BCUT2D eigenvalue weighted by Crippen LogP contribution is 2.39. The Hall–Kier alpha value is -0.320. The van der Waals surface area contributed by atoms with Crippen molar-refractivity contribution < 1.29 is 40.9 Å². The van der Waals surface area contributed by atoms with Crippen molar-refractivity contribution in [3.8, 4) is 0 Å². The second kappa shape index (κ2) is 26.5. The van der Waals surface area contributed by atoms with E-state index < -0.39 is 36.0 Å². The summed E-state index contributed by atoms with van der Waals surface area (Å²) in [4.78, 5) is 0. The van der Waals surface area contributed by atoms with E-state index >= 15 is 0 Å². The standard InChI is InChI=1S/C39H78O8/c40-36(41)34-32-30-28-26-24-22-20-18-16-14-12-10-8-6-4-2-1-3-5-7-9-11-13-15-17-19-21-23-25-27-29-31-33-35-37(42,43)39(46,47)38(36,44)45/h40-47H,1-35H2. The van der Waals surface area contributed by atoms with Crippen molar-refractivity contribution in [3.05, 3.63) is 0 Å². The molecule has 0 heterocycles. The van der Waals surface area contributed by atoms with Crippen LogP contribution in [0, 0.1) is 0 Å². The van der Waals surface area contributed by atoms with Gasteiger partial charge in [0.2, 0.25) is 11.6 Å². The Labute approximate surface area is 288 Å². The summed E-state index contributed by atoms with van der Waals surface area (Å²) in [6.45, 7) is 0. The number of rotatable bonds is 0. The van der Waals surface area contributed by atoms with Gasteiger partial charge >= 0.3 is 0 Å². The molecule has 0 aromatic heterocycles. The second-order valence-corrected chi connectivity index (χ2v) is 15.1. The van der Waals surface area contributed by atoms with E-state index in [4.69, 9.17) is 0 Å². The van der Waals surface area contributed by atoms with Crippen LogP contribution in [0.5, 0.6) is 0 Å². The first-order chi connectivity index (χ1) is 22.5. The highest BCUT2D eigenvalue weighted by molar-refractivity contribution is 5.00. The second-order valence-electron chi connectivity index (χ2n) is 15.1. The third-order valence-electron chi connectivity index (χ3n) is 10.7. The van der Waals surface area contributed by atoms with Gasteiger partial charge in [-0.15, -0.1) is 0 Å². The third kappa shape index (κ3) is 19.6. The van der Waals surface area contributed by atoms with Crippen molar-refractivity contribution >= 4 is 0 Å². The van der Waals surface area contributed by atoms with Gasteiger partial charge in [0.25, 0.3) is 11.6 Å². The van der Waals surface area contributed by atoms with Crippen molar-refractivity contribution in [3.63, 3.8) is 0 Å². The van der Waals surface area contributed by atoms with Gasteiger partial charge in [0.15, 0.2) is 0 Å². The van der Waals surface area contributed by atoms with Crippen LogP contribution in [0.2, 0.25) is 0 Å². The maximum Gasteiger partial charge on any atom is 0.279 e. The lowest BCUT2D eigenvalue weighted by atomic mass is 9.84. The fourth-order valence-corrected chi connectivity index (χ4v) is 7.13. The summed E-state index contributed by atoms with van der Waals surface area (Å²) in [5, 5.41) is 83.1. The minimum atomic E-state index is -3.98. The summed E-state index contributed by atoms with van der Waals surface area (Å²) in [6.07, 6.45) is 37.1. The van der Waals surface area contributed by atoms with Gasteiger partial charge in [-0.2, -0.15) is 0 Å². The zero-order chi connectivity index (χ0) is 34.7. The summed E-state index contributed by atoms with van der Waals surface area (Å²) in [5.74, 6) is -14.6. The highest BCUT2D eigenvalue weighted by atomic mass is 16.7. The van der Waals surface area contributed by atoms with Crippen LogP contribution in [-0.4, -0.2) is 64.0 Å². The monoisotopic (exact) mass is 675 g/mol. The molecule has 0 radical (unpaired) electrons. The molecule has 1 rings (SSSR count). The van der Waals surface area contributed by atoms with Gasteiger partial charge in [0.05, 0.1) is 0 Å². The molecule has 8 N–H and O–H groups in total. The predicted molar refractivity (Wildman–Crippen MR) is 190 cm³/mol. The van der Waals surface area contributed by atoms with Crippen LogP contribution in [-0.2, 0) is 0 Å². The Kier molecular flexibility index (Phi) is 25.2. The molecule has 8 heteroatoms. The van der Waals surface area contributed by atoms with E-state index in [1.54, 1.807) is 0 Å². The lowest BCUT2D eigenvalue weighted by Gasteiger charge is -2.47. The van der Waals surface area contributed by atoms with Gasteiger partial charge in [-0.1, -0.05) is 199 Å². The molecule has 1 saturated carbocycles. The zero-order valence-corrected chi connectivity index (χ0v) is 30.3. The molecular weight excluding hydrogens is 596 g/mol. The van der Waals surface area contributed by atoms with Crippen LogP contribution in [0.25, 0.3) is 0 Å². The maximum atomic E-state index is 10.4. The minimum absolute atomic E-state index is 0.204. The highest BCUT2D eigenvalue weighted by Gasteiger charge is 2.69. The molecule has 0 atom stereocenters. The molecule has 0 aliphatic heterocycles. The molecule has 1 aliphatic carbocycles. The normalized spacial score (nSPS) is 26.6. The minimum Gasteiger partial charge on any atom is -0.361 e. The Balaban J connectivity index is 2.43. The summed E-state index contributed by atoms with van der Waals surface area (Å²) < 4.78 is 0. The molecular formula is C39H78O8. The van der Waals surface area contributed by atoms with E-state index in [9.17, 15) is 40.9 Å². The van der Waals surface area contributed by atoms with Gasteiger partial charge < -0.3 is 40.9 Å². The third-order valence-corrected chi connectivity index (χ3v) is 10.7. The first-order valence-electron chi connectivity index (χ1n) is 20.2. The predicted octanol–water partition coefficient (Wildman–Crippen LogP) is 8.38. The molecule has 1 fully saturated rings. The smallest absolute Gasteiger partial charge is 0.279 e. The molecule has 1 aliphatic rings. The van der Waals surface area contributed by atoms with Crippen LogP contribution in [0.3, 0.4) is 0 Å². The zero-order valence-electron chi connectivity index (χ0n) is 30.3. The van der Waals surface area contributed by atoms with Crippen LogP contribution in [0.4, 0.5) is 0 Å². The van der Waals surface area contributed by atoms with Crippen molar-refractivity contribution in [2.45, 2.75) is 248 Å². The largest absolute Gasteiger partial charge is 0.361 e. The summed E-state index contributed by atoms with van der Waals surface area (Å²) >= 11 is 0. The summed E-state index contributed by atoms with van der Waals surface area (Å²) in [5.41, 5.74) is 0. The van der Waals surface area contributed by atoms with Crippen LogP contribution < -0.4 is 0 Å². The quantitative estimate of drug-likeness (QED) is 0.119. The van der Waals surface area contributed by atoms with Crippen molar-refractivity contribution in [1.82, 2.24) is 0 Å². The summed E-state index contributed by atoms with van der Waals surface area (Å²) in [7, 11) is 0. The Morgan fingerprint density at radius 1 is 0.170 bits per heavy atom. The first-order valence-corrected chi connectivity index (χ1v) is 20.2. The van der Waals surface area contributed by atoms with Crippen LogP contribution in [0.15, 0.2) is 0 Å².